The molecule has 0 spiro atoms. The Hall–Kier alpha value is -2.00. The van der Waals surface area contributed by atoms with E-state index in [1.807, 2.05) is 48.5 Å². The van der Waals surface area contributed by atoms with Crippen LogP contribution in [-0.2, 0) is 6.54 Å². The predicted octanol–water partition coefficient (Wildman–Crippen LogP) is 3.56. The van der Waals surface area contributed by atoms with Gasteiger partial charge in [0.15, 0.2) is 0 Å². The second-order valence-corrected chi connectivity index (χ2v) is 5.42. The van der Waals surface area contributed by atoms with Gasteiger partial charge in [0.25, 0.3) is 0 Å². The van der Waals surface area contributed by atoms with Gasteiger partial charge in [0.05, 0.1) is 0 Å². The first-order valence-electron chi connectivity index (χ1n) is 7.42. The lowest BCUT2D eigenvalue weighted by Crippen LogP contribution is -2.34. The minimum absolute atomic E-state index is 0.448. The van der Waals surface area contributed by atoms with Crippen molar-refractivity contribution in [2.45, 2.75) is 26.4 Å². The van der Waals surface area contributed by atoms with Crippen molar-refractivity contribution in [3.05, 3.63) is 60.2 Å². The van der Waals surface area contributed by atoms with E-state index >= 15 is 0 Å². The summed E-state index contributed by atoms with van der Waals surface area (Å²) in [7, 11) is 0. The Morgan fingerprint density at radius 3 is 2.33 bits per heavy atom. The van der Waals surface area contributed by atoms with Crippen molar-refractivity contribution < 1.29 is 4.74 Å². The van der Waals surface area contributed by atoms with Crippen molar-refractivity contribution in [3.63, 3.8) is 0 Å². The van der Waals surface area contributed by atoms with Gasteiger partial charge in [-0.2, -0.15) is 0 Å². The Morgan fingerprint density at radius 1 is 1.00 bits per heavy atom. The minimum atomic E-state index is 0.448. The summed E-state index contributed by atoms with van der Waals surface area (Å²) in [6, 6.07) is 18.4. The molecule has 0 heterocycles. The molecule has 0 fully saturated rings. The number of ether oxygens (including phenoxy) is 1. The number of hydrogen-bond acceptors (Lipinski definition) is 3. The molecule has 0 aromatic heterocycles. The molecule has 0 aliphatic heterocycles. The molecule has 3 heteroatoms. The van der Waals surface area contributed by atoms with Crippen LogP contribution in [0.5, 0.6) is 5.75 Å². The highest BCUT2D eigenvalue weighted by atomic mass is 16.5. The van der Waals surface area contributed by atoms with Crippen LogP contribution < -0.4 is 10.5 Å². The molecule has 0 unspecified atom stereocenters. The molecule has 112 valence electrons. The van der Waals surface area contributed by atoms with Crippen LogP contribution >= 0.6 is 0 Å². The highest BCUT2D eigenvalue weighted by Gasteiger charge is 2.11. The molecule has 0 radical (unpaired) electrons. The zero-order chi connectivity index (χ0) is 15.1. The summed E-state index contributed by atoms with van der Waals surface area (Å²) in [5.74, 6) is 0.917. The van der Waals surface area contributed by atoms with Crippen molar-refractivity contribution in [3.8, 4) is 5.75 Å². The number of anilines is 1. The molecule has 0 aliphatic carbocycles. The summed E-state index contributed by atoms with van der Waals surface area (Å²) in [6.45, 7) is 6.79. The first-order valence-corrected chi connectivity index (χ1v) is 7.42. The van der Waals surface area contributed by atoms with E-state index in [0.717, 1.165) is 24.5 Å². The lowest BCUT2D eigenvalue weighted by atomic mass is 10.1. The summed E-state index contributed by atoms with van der Waals surface area (Å²) in [5, 5.41) is 0. The number of nitrogens with two attached hydrogens (primary N) is 1. The lowest BCUT2D eigenvalue weighted by molar-refractivity contribution is 0.169. The molecule has 0 aliphatic rings. The van der Waals surface area contributed by atoms with E-state index in [4.69, 9.17) is 10.5 Å². The number of nitrogen functional groups attached to an aromatic ring is 1. The van der Waals surface area contributed by atoms with Crippen molar-refractivity contribution in [1.82, 2.24) is 4.90 Å². The molecule has 0 saturated heterocycles. The molecule has 2 aromatic rings. The molecule has 3 nitrogen and oxygen atoms in total. The predicted molar refractivity (Wildman–Crippen MR) is 88.3 cm³/mol. The highest BCUT2D eigenvalue weighted by molar-refractivity contribution is 5.46. The average molecular weight is 284 g/mol. The van der Waals surface area contributed by atoms with Gasteiger partial charge in [-0.05, 0) is 37.6 Å². The number of benzene rings is 2. The Balaban J connectivity index is 1.89. The normalized spacial score (nSPS) is 11.0. The first-order chi connectivity index (χ1) is 10.2. The Labute approximate surface area is 127 Å². The van der Waals surface area contributed by atoms with Gasteiger partial charge in [-0.1, -0.05) is 36.4 Å². The van der Waals surface area contributed by atoms with Gasteiger partial charge in [0.2, 0.25) is 0 Å². The third kappa shape index (κ3) is 4.80. The molecular weight excluding hydrogens is 260 g/mol. The third-order valence-corrected chi connectivity index (χ3v) is 3.55. The third-order valence-electron chi connectivity index (χ3n) is 3.55. The van der Waals surface area contributed by atoms with E-state index in [1.165, 1.54) is 5.56 Å². The second-order valence-electron chi connectivity index (χ2n) is 5.42. The summed E-state index contributed by atoms with van der Waals surface area (Å²) in [5.41, 5.74) is 8.06. The van der Waals surface area contributed by atoms with E-state index in [-0.39, 0.29) is 0 Å². The van der Waals surface area contributed by atoms with E-state index in [9.17, 15) is 0 Å². The van der Waals surface area contributed by atoms with Gasteiger partial charge in [-0.15, -0.1) is 0 Å². The average Bonchev–Trinajstić information content (AvgIpc) is 2.49. The Morgan fingerprint density at radius 2 is 1.67 bits per heavy atom. The molecular formula is C18H24N2O. The van der Waals surface area contributed by atoms with Gasteiger partial charge in [0, 0.05) is 24.8 Å². The van der Waals surface area contributed by atoms with Crippen molar-refractivity contribution in [1.29, 1.82) is 0 Å². The SMILES string of the molecule is CC(C)N(CCOc1ccccc1)Cc1ccccc1N. The molecule has 0 saturated carbocycles. The van der Waals surface area contributed by atoms with Crippen LogP contribution in [0.25, 0.3) is 0 Å². The fourth-order valence-corrected chi connectivity index (χ4v) is 2.21. The zero-order valence-electron chi connectivity index (χ0n) is 12.8. The van der Waals surface area contributed by atoms with Crippen LogP contribution in [0.2, 0.25) is 0 Å². The van der Waals surface area contributed by atoms with Gasteiger partial charge in [-0.3, -0.25) is 4.90 Å². The van der Waals surface area contributed by atoms with Crippen molar-refractivity contribution >= 4 is 5.69 Å². The smallest absolute Gasteiger partial charge is 0.119 e. The van der Waals surface area contributed by atoms with E-state index in [2.05, 4.69) is 24.8 Å². The molecule has 21 heavy (non-hydrogen) atoms. The van der Waals surface area contributed by atoms with Crippen LogP contribution in [0.1, 0.15) is 19.4 Å². The van der Waals surface area contributed by atoms with Crippen LogP contribution in [0.15, 0.2) is 54.6 Å². The Kier molecular flexibility index (Phi) is 5.64. The maximum Gasteiger partial charge on any atom is 0.119 e. The number of nitrogens with zero attached hydrogens (tertiary/aromatic N) is 1. The second kappa shape index (κ2) is 7.70. The van der Waals surface area contributed by atoms with E-state index < -0.39 is 0 Å². The topological polar surface area (TPSA) is 38.5 Å². The maximum absolute atomic E-state index is 6.03. The van der Waals surface area contributed by atoms with Crippen LogP contribution in [0, 0.1) is 0 Å². The molecule has 0 bridgehead atoms. The number of para-hydroxylation sites is 2. The number of rotatable bonds is 7. The van der Waals surface area contributed by atoms with Crippen molar-refractivity contribution in [2.24, 2.45) is 0 Å². The molecule has 2 N–H and O–H groups in total. The van der Waals surface area contributed by atoms with Gasteiger partial charge >= 0.3 is 0 Å². The molecule has 2 aromatic carbocycles. The molecule has 0 atom stereocenters. The maximum atomic E-state index is 6.03. The summed E-state index contributed by atoms with van der Waals surface area (Å²) in [4.78, 5) is 2.37. The fraction of sp³-hybridized carbons (Fsp3) is 0.333. The Bertz CT molecular complexity index is 540. The van der Waals surface area contributed by atoms with Gasteiger partial charge < -0.3 is 10.5 Å². The van der Waals surface area contributed by atoms with E-state index in [0.29, 0.717) is 12.6 Å². The largest absolute Gasteiger partial charge is 0.492 e. The van der Waals surface area contributed by atoms with Crippen LogP contribution in [0.4, 0.5) is 5.69 Å². The van der Waals surface area contributed by atoms with Crippen molar-refractivity contribution in [2.75, 3.05) is 18.9 Å². The summed E-state index contributed by atoms with van der Waals surface area (Å²) < 4.78 is 5.78. The highest BCUT2D eigenvalue weighted by Crippen LogP contribution is 2.15. The van der Waals surface area contributed by atoms with E-state index in [1.54, 1.807) is 0 Å². The lowest BCUT2D eigenvalue weighted by Gasteiger charge is -2.27. The van der Waals surface area contributed by atoms with Crippen LogP contribution in [0.3, 0.4) is 0 Å². The molecule has 2 rings (SSSR count). The van der Waals surface area contributed by atoms with Gasteiger partial charge in [-0.25, -0.2) is 0 Å². The van der Waals surface area contributed by atoms with Crippen LogP contribution in [-0.4, -0.2) is 24.1 Å². The first kappa shape index (κ1) is 15.4. The monoisotopic (exact) mass is 284 g/mol. The molecule has 0 amide bonds. The van der Waals surface area contributed by atoms with Gasteiger partial charge in [0.1, 0.15) is 12.4 Å². The minimum Gasteiger partial charge on any atom is -0.492 e. The quantitative estimate of drug-likeness (QED) is 0.790. The number of hydrogen-bond donors (Lipinski definition) is 1. The standard InChI is InChI=1S/C18H24N2O/c1-15(2)20(14-16-8-6-7-11-18(16)19)12-13-21-17-9-4-3-5-10-17/h3-11,15H,12-14,19H2,1-2H3. The summed E-state index contributed by atoms with van der Waals surface area (Å²) in [6.07, 6.45) is 0. The summed E-state index contributed by atoms with van der Waals surface area (Å²) >= 11 is 0. The zero-order valence-corrected chi connectivity index (χ0v) is 12.8. The fourth-order valence-electron chi connectivity index (χ4n) is 2.21.